The van der Waals surface area contributed by atoms with Crippen LogP contribution in [-0.2, 0) is 6.42 Å². The average Bonchev–Trinajstić information content (AvgIpc) is 2.36. The largest absolute Gasteiger partial charge is 0.327 e. The zero-order valence-electron chi connectivity index (χ0n) is 10.8. The number of nitrogens with two attached hydrogens (primary N) is 1. The average molecular weight is 270 g/mol. The number of halogens is 2. The lowest BCUT2D eigenvalue weighted by Crippen LogP contribution is -2.37. The maximum Gasteiger partial charge on any atom is 0.141 e. The molecule has 3 heteroatoms. The third-order valence-corrected chi connectivity index (χ3v) is 4.50. The van der Waals surface area contributed by atoms with E-state index in [1.54, 1.807) is 6.07 Å². The molecule has 1 aliphatic carbocycles. The zero-order valence-corrected chi connectivity index (χ0v) is 11.6. The predicted molar refractivity (Wildman–Crippen MR) is 74.2 cm³/mol. The minimum absolute atomic E-state index is 0.212. The molecule has 0 spiro atoms. The van der Waals surface area contributed by atoms with Gasteiger partial charge in [0.25, 0.3) is 0 Å². The van der Waals surface area contributed by atoms with Crippen molar-refractivity contribution in [3.05, 3.63) is 34.6 Å². The van der Waals surface area contributed by atoms with Gasteiger partial charge in [0, 0.05) is 6.04 Å². The van der Waals surface area contributed by atoms with Crippen LogP contribution in [-0.4, -0.2) is 6.04 Å². The van der Waals surface area contributed by atoms with Crippen LogP contribution in [0.1, 0.15) is 38.2 Å². The molecule has 0 aromatic heterocycles. The van der Waals surface area contributed by atoms with Crippen molar-refractivity contribution in [2.24, 2.45) is 17.6 Å². The first-order valence-electron chi connectivity index (χ1n) is 6.79. The molecule has 0 bridgehead atoms. The van der Waals surface area contributed by atoms with Gasteiger partial charge in [0.15, 0.2) is 0 Å². The van der Waals surface area contributed by atoms with Gasteiger partial charge in [0.05, 0.1) is 5.02 Å². The molecule has 1 aromatic rings. The number of benzene rings is 1. The molecule has 100 valence electrons. The molecule has 0 saturated heterocycles. The summed E-state index contributed by atoms with van der Waals surface area (Å²) in [5.41, 5.74) is 7.30. The van der Waals surface area contributed by atoms with Gasteiger partial charge in [0.2, 0.25) is 0 Å². The van der Waals surface area contributed by atoms with Crippen molar-refractivity contribution in [1.29, 1.82) is 0 Å². The Balaban J connectivity index is 2.04. The summed E-state index contributed by atoms with van der Waals surface area (Å²) in [4.78, 5) is 0. The summed E-state index contributed by atoms with van der Waals surface area (Å²) >= 11 is 5.82. The quantitative estimate of drug-likeness (QED) is 0.875. The highest BCUT2D eigenvalue weighted by Gasteiger charge is 2.27. The second-order valence-electron chi connectivity index (χ2n) is 5.46. The zero-order chi connectivity index (χ0) is 13.1. The highest BCUT2D eigenvalue weighted by Crippen LogP contribution is 2.33. The lowest BCUT2D eigenvalue weighted by Gasteiger charge is -2.34. The number of rotatable bonds is 3. The number of hydrogen-bond donors (Lipinski definition) is 1. The van der Waals surface area contributed by atoms with E-state index in [4.69, 9.17) is 17.3 Å². The van der Waals surface area contributed by atoms with Crippen LogP contribution >= 0.6 is 11.6 Å². The Labute approximate surface area is 114 Å². The van der Waals surface area contributed by atoms with Gasteiger partial charge in [-0.15, -0.1) is 0 Å². The fourth-order valence-electron chi connectivity index (χ4n) is 2.96. The summed E-state index contributed by atoms with van der Waals surface area (Å²) in [5.74, 6) is 0.954. The third kappa shape index (κ3) is 3.24. The Morgan fingerprint density at radius 2 is 2.17 bits per heavy atom. The van der Waals surface area contributed by atoms with Gasteiger partial charge < -0.3 is 5.73 Å². The normalized spacial score (nSPS) is 28.3. The molecular formula is C15H21ClFN. The molecular weight excluding hydrogens is 249 g/mol. The van der Waals surface area contributed by atoms with Crippen LogP contribution in [0.2, 0.25) is 5.02 Å². The highest BCUT2D eigenvalue weighted by atomic mass is 35.5. The molecule has 18 heavy (non-hydrogen) atoms. The predicted octanol–water partition coefficient (Wildman–Crippen LogP) is 4.18. The molecule has 0 heterocycles. The molecule has 2 rings (SSSR count). The van der Waals surface area contributed by atoms with Gasteiger partial charge in [-0.3, -0.25) is 0 Å². The van der Waals surface area contributed by atoms with Crippen LogP contribution in [0, 0.1) is 17.7 Å². The molecule has 1 aromatic carbocycles. The Morgan fingerprint density at radius 3 is 2.83 bits per heavy atom. The summed E-state index contributed by atoms with van der Waals surface area (Å²) < 4.78 is 13.1. The van der Waals surface area contributed by atoms with Crippen LogP contribution < -0.4 is 5.73 Å². The third-order valence-electron chi connectivity index (χ3n) is 4.21. The Bertz CT molecular complexity index is 407. The van der Waals surface area contributed by atoms with Gasteiger partial charge >= 0.3 is 0 Å². The van der Waals surface area contributed by atoms with Crippen molar-refractivity contribution in [3.63, 3.8) is 0 Å². The van der Waals surface area contributed by atoms with Crippen LogP contribution in [0.25, 0.3) is 0 Å². The van der Waals surface area contributed by atoms with Crippen LogP contribution in [0.5, 0.6) is 0 Å². The van der Waals surface area contributed by atoms with Gasteiger partial charge in [0.1, 0.15) is 5.82 Å². The van der Waals surface area contributed by atoms with Crippen molar-refractivity contribution in [1.82, 2.24) is 0 Å². The van der Waals surface area contributed by atoms with E-state index in [0.29, 0.717) is 5.92 Å². The van der Waals surface area contributed by atoms with Gasteiger partial charge in [-0.2, -0.15) is 0 Å². The molecule has 0 radical (unpaired) electrons. The molecule has 1 nitrogen and oxygen atoms in total. The van der Waals surface area contributed by atoms with E-state index in [2.05, 4.69) is 6.92 Å². The van der Waals surface area contributed by atoms with E-state index in [0.717, 1.165) is 24.3 Å². The maximum absolute atomic E-state index is 13.1. The van der Waals surface area contributed by atoms with E-state index in [1.807, 2.05) is 6.07 Å². The topological polar surface area (TPSA) is 26.0 Å². The summed E-state index contributed by atoms with van der Waals surface area (Å²) in [6.07, 6.45) is 5.69. The van der Waals surface area contributed by atoms with Crippen molar-refractivity contribution in [2.75, 3.05) is 0 Å². The second kappa shape index (κ2) is 6.03. The monoisotopic (exact) mass is 269 g/mol. The molecule has 0 amide bonds. The standard InChI is InChI=1S/C15H21ClFN/c1-2-10-4-6-15(18)12(7-10)8-11-3-5-14(17)13(16)9-11/h3,5,9-10,12,15H,2,4,6-8,18H2,1H3. The molecule has 1 saturated carbocycles. The summed E-state index contributed by atoms with van der Waals surface area (Å²) in [6, 6.07) is 5.28. The minimum Gasteiger partial charge on any atom is -0.327 e. The molecule has 3 atom stereocenters. The van der Waals surface area contributed by atoms with Crippen LogP contribution in [0.15, 0.2) is 18.2 Å². The lowest BCUT2D eigenvalue weighted by atomic mass is 9.75. The van der Waals surface area contributed by atoms with E-state index in [1.165, 1.54) is 25.3 Å². The van der Waals surface area contributed by atoms with Crippen LogP contribution in [0.4, 0.5) is 4.39 Å². The van der Waals surface area contributed by atoms with Gasteiger partial charge in [-0.1, -0.05) is 31.0 Å². The molecule has 3 unspecified atom stereocenters. The van der Waals surface area contributed by atoms with Gasteiger partial charge in [-0.05, 0) is 55.2 Å². The van der Waals surface area contributed by atoms with E-state index >= 15 is 0 Å². The number of hydrogen-bond acceptors (Lipinski definition) is 1. The molecule has 1 aliphatic rings. The fourth-order valence-corrected chi connectivity index (χ4v) is 3.16. The van der Waals surface area contributed by atoms with Crippen molar-refractivity contribution < 1.29 is 4.39 Å². The van der Waals surface area contributed by atoms with E-state index in [9.17, 15) is 4.39 Å². The first-order valence-corrected chi connectivity index (χ1v) is 7.17. The Hall–Kier alpha value is -0.600. The van der Waals surface area contributed by atoms with Crippen molar-refractivity contribution >= 4 is 11.6 Å². The molecule has 2 N–H and O–H groups in total. The van der Waals surface area contributed by atoms with Crippen molar-refractivity contribution in [2.45, 2.75) is 45.1 Å². The fraction of sp³-hybridized carbons (Fsp3) is 0.600. The Kier molecular flexibility index (Phi) is 4.63. The second-order valence-corrected chi connectivity index (χ2v) is 5.87. The van der Waals surface area contributed by atoms with Crippen LogP contribution in [0.3, 0.4) is 0 Å². The Morgan fingerprint density at radius 1 is 1.39 bits per heavy atom. The first-order chi connectivity index (χ1) is 8.60. The first kappa shape index (κ1) is 13.8. The minimum atomic E-state index is -0.347. The maximum atomic E-state index is 13.1. The lowest BCUT2D eigenvalue weighted by molar-refractivity contribution is 0.227. The highest BCUT2D eigenvalue weighted by molar-refractivity contribution is 6.30. The summed E-state index contributed by atoms with van der Waals surface area (Å²) in [6.45, 7) is 2.24. The SMILES string of the molecule is CCC1CCC(N)C(Cc2ccc(F)c(Cl)c2)C1. The van der Waals surface area contributed by atoms with E-state index < -0.39 is 0 Å². The van der Waals surface area contributed by atoms with Gasteiger partial charge in [-0.25, -0.2) is 4.39 Å². The van der Waals surface area contributed by atoms with Crippen molar-refractivity contribution in [3.8, 4) is 0 Å². The van der Waals surface area contributed by atoms with E-state index in [-0.39, 0.29) is 16.9 Å². The summed E-state index contributed by atoms with van der Waals surface area (Å²) in [5, 5.41) is 0.212. The molecule has 1 fully saturated rings. The molecule has 0 aliphatic heterocycles. The smallest absolute Gasteiger partial charge is 0.141 e. The summed E-state index contributed by atoms with van der Waals surface area (Å²) in [7, 11) is 0.